The number of nitrogens with zero attached hydrogens (tertiary/aromatic N) is 2. The van der Waals surface area contributed by atoms with Gasteiger partial charge < -0.3 is 10.3 Å². The van der Waals surface area contributed by atoms with E-state index in [1.54, 1.807) is 6.07 Å². The molecule has 1 aliphatic carbocycles. The molecule has 0 aliphatic heterocycles. The summed E-state index contributed by atoms with van der Waals surface area (Å²) in [6.45, 7) is 2.24. The number of nitrogen functional groups attached to an aromatic ring is 1. The van der Waals surface area contributed by atoms with E-state index in [1.807, 2.05) is 6.07 Å². The number of hydrogen-bond acceptors (Lipinski definition) is 2. The van der Waals surface area contributed by atoms with Crippen molar-refractivity contribution in [3.63, 3.8) is 0 Å². The SMILES string of the molecule is CC1(n2c(N)nc3cc(Cl)c(Cl)cc32)CCCC1. The van der Waals surface area contributed by atoms with Crippen LogP contribution < -0.4 is 5.73 Å². The van der Waals surface area contributed by atoms with Crippen molar-refractivity contribution in [2.45, 2.75) is 38.1 Å². The van der Waals surface area contributed by atoms with Crippen LogP contribution in [0.25, 0.3) is 11.0 Å². The van der Waals surface area contributed by atoms with Gasteiger partial charge in [-0.05, 0) is 31.9 Å². The lowest BCUT2D eigenvalue weighted by Crippen LogP contribution is -2.27. The molecule has 0 unspecified atom stereocenters. The predicted octanol–water partition coefficient (Wildman–Crippen LogP) is 4.21. The minimum atomic E-state index is 0.0516. The number of anilines is 1. The Hall–Kier alpha value is -0.930. The van der Waals surface area contributed by atoms with Gasteiger partial charge in [0, 0.05) is 5.54 Å². The molecule has 2 N–H and O–H groups in total. The largest absolute Gasteiger partial charge is 0.369 e. The lowest BCUT2D eigenvalue weighted by molar-refractivity contribution is 0.344. The predicted molar refractivity (Wildman–Crippen MR) is 76.3 cm³/mol. The molecule has 0 atom stereocenters. The first-order chi connectivity index (χ1) is 8.51. The zero-order valence-corrected chi connectivity index (χ0v) is 11.7. The molecule has 0 amide bonds. The van der Waals surface area contributed by atoms with E-state index < -0.39 is 0 Å². The first-order valence-corrected chi connectivity index (χ1v) is 6.90. The van der Waals surface area contributed by atoms with E-state index >= 15 is 0 Å². The summed E-state index contributed by atoms with van der Waals surface area (Å²) >= 11 is 12.1. The Kier molecular flexibility index (Phi) is 2.72. The van der Waals surface area contributed by atoms with Gasteiger partial charge in [-0.3, -0.25) is 0 Å². The monoisotopic (exact) mass is 283 g/mol. The van der Waals surface area contributed by atoms with Crippen LogP contribution in [0.1, 0.15) is 32.6 Å². The second-order valence-corrected chi connectivity index (χ2v) is 6.08. The van der Waals surface area contributed by atoms with Crippen molar-refractivity contribution in [3.8, 4) is 0 Å². The van der Waals surface area contributed by atoms with E-state index in [1.165, 1.54) is 12.8 Å². The van der Waals surface area contributed by atoms with Gasteiger partial charge in [-0.2, -0.15) is 0 Å². The molecular formula is C13H15Cl2N3. The van der Waals surface area contributed by atoms with Gasteiger partial charge in [0.25, 0.3) is 0 Å². The van der Waals surface area contributed by atoms with E-state index in [0.29, 0.717) is 16.0 Å². The molecule has 0 saturated heterocycles. The molecule has 3 rings (SSSR count). The van der Waals surface area contributed by atoms with Gasteiger partial charge in [0.1, 0.15) is 0 Å². The number of hydrogen-bond donors (Lipinski definition) is 1. The number of benzene rings is 1. The van der Waals surface area contributed by atoms with Gasteiger partial charge in [-0.25, -0.2) is 4.98 Å². The van der Waals surface area contributed by atoms with Gasteiger partial charge in [0.15, 0.2) is 0 Å². The van der Waals surface area contributed by atoms with Crippen LogP contribution in [0.2, 0.25) is 10.0 Å². The van der Waals surface area contributed by atoms with Gasteiger partial charge in [-0.15, -0.1) is 0 Å². The summed E-state index contributed by atoms with van der Waals surface area (Å²) in [4.78, 5) is 4.40. The summed E-state index contributed by atoms with van der Waals surface area (Å²) in [6.07, 6.45) is 4.72. The van der Waals surface area contributed by atoms with Gasteiger partial charge in [0.2, 0.25) is 5.95 Å². The fraction of sp³-hybridized carbons (Fsp3) is 0.462. The minimum absolute atomic E-state index is 0.0516. The van der Waals surface area contributed by atoms with Crippen LogP contribution in [0.15, 0.2) is 12.1 Å². The Bertz CT molecular complexity index is 612. The quantitative estimate of drug-likeness (QED) is 0.852. The van der Waals surface area contributed by atoms with Crippen LogP contribution in [0, 0.1) is 0 Å². The number of rotatable bonds is 1. The molecule has 1 saturated carbocycles. The van der Waals surface area contributed by atoms with Crippen LogP contribution in [0.5, 0.6) is 0 Å². The molecule has 1 heterocycles. The third kappa shape index (κ3) is 1.69. The van der Waals surface area contributed by atoms with Crippen molar-refractivity contribution < 1.29 is 0 Å². The number of halogens is 2. The smallest absolute Gasteiger partial charge is 0.201 e. The standard InChI is InChI=1S/C13H15Cl2N3/c1-13(4-2-3-5-13)18-11-7-9(15)8(14)6-10(11)17-12(18)16/h6-7H,2-5H2,1H3,(H2,16,17). The summed E-state index contributed by atoms with van der Waals surface area (Å²) in [5.74, 6) is 0.549. The molecule has 1 aromatic carbocycles. The summed E-state index contributed by atoms with van der Waals surface area (Å²) in [7, 11) is 0. The molecule has 1 aliphatic rings. The molecule has 0 bridgehead atoms. The first-order valence-electron chi connectivity index (χ1n) is 6.15. The number of imidazole rings is 1. The number of fused-ring (bicyclic) bond motifs is 1. The fourth-order valence-corrected chi connectivity index (χ4v) is 3.33. The zero-order valence-electron chi connectivity index (χ0n) is 10.2. The van der Waals surface area contributed by atoms with E-state index in [2.05, 4.69) is 16.5 Å². The maximum atomic E-state index is 6.11. The lowest BCUT2D eigenvalue weighted by atomic mass is 10.00. The fourth-order valence-electron chi connectivity index (χ4n) is 3.02. The van der Waals surface area contributed by atoms with E-state index in [9.17, 15) is 0 Å². The summed E-state index contributed by atoms with van der Waals surface area (Å²) in [5, 5.41) is 1.07. The molecule has 0 spiro atoms. The third-order valence-electron chi connectivity index (χ3n) is 3.94. The normalized spacial score (nSPS) is 18.6. The van der Waals surface area contributed by atoms with Crippen LogP contribution in [0.4, 0.5) is 5.95 Å². The number of aromatic nitrogens is 2. The molecule has 1 aromatic heterocycles. The first kappa shape index (κ1) is 12.1. The molecule has 18 heavy (non-hydrogen) atoms. The highest BCUT2D eigenvalue weighted by Crippen LogP contribution is 2.41. The van der Waals surface area contributed by atoms with E-state index in [-0.39, 0.29) is 5.54 Å². The van der Waals surface area contributed by atoms with Crippen LogP contribution >= 0.6 is 23.2 Å². The van der Waals surface area contributed by atoms with Crippen LogP contribution in [-0.2, 0) is 5.54 Å². The van der Waals surface area contributed by atoms with Gasteiger partial charge in [0.05, 0.1) is 21.1 Å². The summed E-state index contributed by atoms with van der Waals surface area (Å²) in [6, 6.07) is 3.65. The highest BCUT2D eigenvalue weighted by atomic mass is 35.5. The third-order valence-corrected chi connectivity index (χ3v) is 4.67. The average Bonchev–Trinajstić information content (AvgIpc) is 2.84. The zero-order chi connectivity index (χ0) is 12.9. The topological polar surface area (TPSA) is 43.8 Å². The van der Waals surface area contributed by atoms with Crippen molar-refractivity contribution >= 4 is 40.2 Å². The molecule has 0 radical (unpaired) electrons. The maximum absolute atomic E-state index is 6.11. The highest BCUT2D eigenvalue weighted by Gasteiger charge is 2.33. The van der Waals surface area contributed by atoms with Crippen molar-refractivity contribution in [3.05, 3.63) is 22.2 Å². The van der Waals surface area contributed by atoms with Crippen LogP contribution in [-0.4, -0.2) is 9.55 Å². The molecule has 2 aromatic rings. The summed E-state index contributed by atoms with van der Waals surface area (Å²) in [5.41, 5.74) is 7.93. The second kappa shape index (κ2) is 4.04. The Morgan fingerprint density at radius 1 is 1.22 bits per heavy atom. The maximum Gasteiger partial charge on any atom is 0.201 e. The van der Waals surface area contributed by atoms with Gasteiger partial charge in [-0.1, -0.05) is 36.0 Å². The highest BCUT2D eigenvalue weighted by molar-refractivity contribution is 6.42. The second-order valence-electron chi connectivity index (χ2n) is 5.26. The molecule has 96 valence electrons. The average molecular weight is 284 g/mol. The Morgan fingerprint density at radius 2 is 1.83 bits per heavy atom. The van der Waals surface area contributed by atoms with Gasteiger partial charge >= 0.3 is 0 Å². The summed E-state index contributed by atoms with van der Waals surface area (Å²) < 4.78 is 2.12. The van der Waals surface area contributed by atoms with Crippen molar-refractivity contribution in [1.82, 2.24) is 9.55 Å². The molecule has 5 heteroatoms. The van der Waals surface area contributed by atoms with Crippen molar-refractivity contribution in [1.29, 1.82) is 0 Å². The Balaban J connectivity index is 2.28. The molecule has 3 nitrogen and oxygen atoms in total. The van der Waals surface area contributed by atoms with E-state index in [0.717, 1.165) is 23.9 Å². The minimum Gasteiger partial charge on any atom is -0.369 e. The van der Waals surface area contributed by atoms with Crippen LogP contribution in [0.3, 0.4) is 0 Å². The Labute approximate surface area is 116 Å². The number of nitrogens with two attached hydrogens (primary N) is 1. The van der Waals surface area contributed by atoms with E-state index in [4.69, 9.17) is 28.9 Å². The lowest BCUT2D eigenvalue weighted by Gasteiger charge is -2.27. The molecule has 1 fully saturated rings. The molecular weight excluding hydrogens is 269 g/mol. The van der Waals surface area contributed by atoms with Crippen molar-refractivity contribution in [2.75, 3.05) is 5.73 Å². The van der Waals surface area contributed by atoms with Crippen molar-refractivity contribution in [2.24, 2.45) is 0 Å². The Morgan fingerprint density at radius 3 is 2.50 bits per heavy atom.